The van der Waals surface area contributed by atoms with Gasteiger partial charge in [-0.1, -0.05) is 34.8 Å². The van der Waals surface area contributed by atoms with E-state index in [0.29, 0.717) is 24.8 Å². The van der Waals surface area contributed by atoms with E-state index in [1.165, 1.54) is 29.5 Å². The smallest absolute Gasteiger partial charge is 0.123 e. The highest BCUT2D eigenvalue weighted by atomic mass is 35.5. The Kier molecular flexibility index (Phi) is 4.48. The summed E-state index contributed by atoms with van der Waals surface area (Å²) in [5.41, 5.74) is 3.75. The van der Waals surface area contributed by atoms with Crippen LogP contribution in [-0.2, 0) is 0 Å². The van der Waals surface area contributed by atoms with Gasteiger partial charge in [0.1, 0.15) is 5.82 Å². The van der Waals surface area contributed by atoms with Crippen molar-refractivity contribution in [2.45, 2.75) is 6.04 Å². The summed E-state index contributed by atoms with van der Waals surface area (Å²) < 4.78 is 14.3. The molecule has 2 aromatic rings. The van der Waals surface area contributed by atoms with Crippen LogP contribution in [0.15, 0.2) is 24.3 Å². The molecule has 0 fully saturated rings. The molecule has 1 unspecified atom stereocenters. The summed E-state index contributed by atoms with van der Waals surface area (Å²) in [6.45, 7) is 0. The summed E-state index contributed by atoms with van der Waals surface area (Å²) in [6.07, 6.45) is 0. The maximum Gasteiger partial charge on any atom is 0.123 e. The molecule has 96 valence electrons. The van der Waals surface area contributed by atoms with Gasteiger partial charge in [-0.05, 0) is 29.8 Å². The zero-order valence-electron chi connectivity index (χ0n) is 8.88. The maximum atomic E-state index is 13.3. The topological polar surface area (TPSA) is 38.0 Å². The standard InChI is InChI=1S/C11H8Cl3FN2S/c12-8-2-1-5(15)3-6(8)10(17-16)7-4-9(13)18-11(7)14/h1-4,10,17H,16H2. The van der Waals surface area contributed by atoms with Gasteiger partial charge in [-0.15, -0.1) is 11.3 Å². The van der Waals surface area contributed by atoms with Gasteiger partial charge in [-0.2, -0.15) is 0 Å². The van der Waals surface area contributed by atoms with Gasteiger partial charge in [0.15, 0.2) is 0 Å². The lowest BCUT2D eigenvalue weighted by molar-refractivity contribution is 0.606. The first kappa shape index (κ1) is 14.1. The fourth-order valence-corrected chi connectivity index (χ4v) is 3.39. The molecule has 7 heteroatoms. The minimum absolute atomic E-state index is 0.396. The van der Waals surface area contributed by atoms with Crippen molar-refractivity contribution in [2.75, 3.05) is 0 Å². The molecular weight excluding hydrogens is 318 g/mol. The molecule has 0 saturated heterocycles. The molecular formula is C11H8Cl3FN2S. The summed E-state index contributed by atoms with van der Waals surface area (Å²) in [5.74, 6) is 5.11. The van der Waals surface area contributed by atoms with Crippen molar-refractivity contribution in [3.8, 4) is 0 Å². The van der Waals surface area contributed by atoms with Crippen molar-refractivity contribution in [3.63, 3.8) is 0 Å². The number of rotatable bonds is 3. The lowest BCUT2D eigenvalue weighted by Gasteiger charge is -2.17. The molecule has 0 bridgehead atoms. The number of hydrogen-bond donors (Lipinski definition) is 2. The third-order valence-corrected chi connectivity index (χ3v) is 4.29. The second-order valence-corrected chi connectivity index (χ2v) is 6.24. The minimum Gasteiger partial charge on any atom is -0.271 e. The molecule has 1 heterocycles. The van der Waals surface area contributed by atoms with Crippen LogP contribution >= 0.6 is 46.1 Å². The van der Waals surface area contributed by atoms with Crippen LogP contribution in [0.1, 0.15) is 17.2 Å². The molecule has 0 radical (unpaired) electrons. The lowest BCUT2D eigenvalue weighted by Crippen LogP contribution is -2.29. The first-order chi connectivity index (χ1) is 8.52. The van der Waals surface area contributed by atoms with Crippen LogP contribution in [0, 0.1) is 5.82 Å². The summed E-state index contributed by atoms with van der Waals surface area (Å²) in [7, 11) is 0. The third kappa shape index (κ3) is 2.79. The molecule has 2 nitrogen and oxygen atoms in total. The van der Waals surface area contributed by atoms with Gasteiger partial charge in [0.05, 0.1) is 14.7 Å². The van der Waals surface area contributed by atoms with Crippen LogP contribution in [0.5, 0.6) is 0 Å². The Balaban J connectivity index is 2.51. The van der Waals surface area contributed by atoms with E-state index in [1.807, 2.05) is 0 Å². The number of nitrogens with two attached hydrogens (primary N) is 1. The van der Waals surface area contributed by atoms with Gasteiger partial charge in [-0.3, -0.25) is 5.84 Å². The lowest BCUT2D eigenvalue weighted by atomic mass is 10.0. The van der Waals surface area contributed by atoms with Gasteiger partial charge in [0, 0.05) is 10.6 Å². The first-order valence-electron chi connectivity index (χ1n) is 4.88. The second-order valence-electron chi connectivity index (χ2n) is 3.55. The molecule has 2 rings (SSSR count). The summed E-state index contributed by atoms with van der Waals surface area (Å²) >= 11 is 19.2. The van der Waals surface area contributed by atoms with Gasteiger partial charge < -0.3 is 0 Å². The molecule has 0 aliphatic carbocycles. The molecule has 3 N–H and O–H groups in total. The van der Waals surface area contributed by atoms with Gasteiger partial charge in [0.2, 0.25) is 0 Å². The maximum absolute atomic E-state index is 13.3. The van der Waals surface area contributed by atoms with Crippen molar-refractivity contribution in [1.82, 2.24) is 5.43 Å². The fraction of sp³-hybridized carbons (Fsp3) is 0.0909. The Morgan fingerprint density at radius 1 is 1.17 bits per heavy atom. The zero-order valence-corrected chi connectivity index (χ0v) is 12.0. The van der Waals surface area contributed by atoms with Gasteiger partial charge in [-0.25, -0.2) is 9.82 Å². The van der Waals surface area contributed by atoms with Crippen molar-refractivity contribution in [1.29, 1.82) is 0 Å². The molecule has 0 aliphatic rings. The Bertz CT molecular complexity index is 573. The van der Waals surface area contributed by atoms with Gasteiger partial charge in [0.25, 0.3) is 0 Å². The number of hydrogen-bond acceptors (Lipinski definition) is 3. The number of nitrogens with one attached hydrogen (secondary N) is 1. The number of thiophene rings is 1. The van der Waals surface area contributed by atoms with E-state index < -0.39 is 11.9 Å². The molecule has 0 saturated carbocycles. The highest BCUT2D eigenvalue weighted by molar-refractivity contribution is 7.20. The Hall–Kier alpha value is -0.360. The van der Waals surface area contributed by atoms with E-state index in [9.17, 15) is 4.39 Å². The SMILES string of the molecule is NNC(c1cc(F)ccc1Cl)c1cc(Cl)sc1Cl. The monoisotopic (exact) mass is 324 g/mol. The minimum atomic E-state index is -0.510. The number of halogens is 4. The fourth-order valence-electron chi connectivity index (χ4n) is 1.63. The molecule has 1 aromatic carbocycles. The predicted molar refractivity (Wildman–Crippen MR) is 74.9 cm³/mol. The average Bonchev–Trinajstić information content (AvgIpc) is 2.64. The zero-order chi connectivity index (χ0) is 13.3. The van der Waals surface area contributed by atoms with E-state index in [1.54, 1.807) is 6.07 Å². The van der Waals surface area contributed by atoms with Gasteiger partial charge >= 0.3 is 0 Å². The predicted octanol–water partition coefficient (Wildman–Crippen LogP) is 4.40. The Labute approximate surface area is 122 Å². The average molecular weight is 326 g/mol. The summed E-state index contributed by atoms with van der Waals surface area (Å²) in [6, 6.07) is 5.24. The molecule has 0 amide bonds. The van der Waals surface area contributed by atoms with Crippen molar-refractivity contribution in [2.24, 2.45) is 5.84 Å². The van der Waals surface area contributed by atoms with Crippen LogP contribution < -0.4 is 11.3 Å². The van der Waals surface area contributed by atoms with Crippen LogP contribution in [0.3, 0.4) is 0 Å². The third-order valence-electron chi connectivity index (χ3n) is 2.43. The van der Waals surface area contributed by atoms with E-state index >= 15 is 0 Å². The summed E-state index contributed by atoms with van der Waals surface area (Å²) in [4.78, 5) is 0. The van der Waals surface area contributed by atoms with Crippen LogP contribution in [0.25, 0.3) is 0 Å². The molecule has 0 spiro atoms. The van der Waals surface area contributed by atoms with E-state index in [2.05, 4.69) is 5.43 Å². The molecule has 1 atom stereocenters. The molecule has 0 aliphatic heterocycles. The highest BCUT2D eigenvalue weighted by Gasteiger charge is 2.21. The van der Waals surface area contributed by atoms with Crippen LogP contribution in [-0.4, -0.2) is 0 Å². The first-order valence-corrected chi connectivity index (χ1v) is 6.83. The Morgan fingerprint density at radius 3 is 2.44 bits per heavy atom. The van der Waals surface area contributed by atoms with Crippen molar-refractivity contribution in [3.05, 3.63) is 54.9 Å². The quantitative estimate of drug-likeness (QED) is 0.648. The van der Waals surface area contributed by atoms with Crippen molar-refractivity contribution < 1.29 is 4.39 Å². The normalized spacial score (nSPS) is 12.7. The number of hydrazine groups is 1. The highest BCUT2D eigenvalue weighted by Crippen LogP contribution is 2.38. The van der Waals surface area contributed by atoms with Crippen LogP contribution in [0.2, 0.25) is 13.7 Å². The van der Waals surface area contributed by atoms with E-state index in [-0.39, 0.29) is 0 Å². The van der Waals surface area contributed by atoms with E-state index in [0.717, 1.165) is 0 Å². The summed E-state index contributed by atoms with van der Waals surface area (Å²) in [5, 5.41) is 0.401. The number of benzene rings is 1. The largest absolute Gasteiger partial charge is 0.271 e. The molecule has 18 heavy (non-hydrogen) atoms. The van der Waals surface area contributed by atoms with Crippen molar-refractivity contribution >= 4 is 46.1 Å². The molecule has 1 aromatic heterocycles. The Morgan fingerprint density at radius 2 is 1.89 bits per heavy atom. The van der Waals surface area contributed by atoms with E-state index in [4.69, 9.17) is 40.6 Å². The van der Waals surface area contributed by atoms with Crippen LogP contribution in [0.4, 0.5) is 4.39 Å². The second kappa shape index (κ2) is 5.74.